The van der Waals surface area contributed by atoms with Crippen molar-refractivity contribution in [3.8, 4) is 0 Å². The standard InChI is InChI=1S/C15H11ClFN3O2S/c1-20(15(22)9-3-2-8(16)6-10(9)17)7-12-18-11-4-5-23-13(11)14(21)19-12/h2-6H,7H2,1H3,(H,18,19,21). The van der Waals surface area contributed by atoms with Crippen molar-refractivity contribution >= 4 is 39.1 Å². The van der Waals surface area contributed by atoms with Crippen molar-refractivity contribution in [2.24, 2.45) is 0 Å². The third-order valence-electron chi connectivity index (χ3n) is 3.26. The van der Waals surface area contributed by atoms with Crippen LogP contribution in [0.15, 0.2) is 34.4 Å². The Morgan fingerprint density at radius 1 is 1.43 bits per heavy atom. The molecule has 0 bridgehead atoms. The number of hydrogen-bond acceptors (Lipinski definition) is 4. The van der Waals surface area contributed by atoms with E-state index in [4.69, 9.17) is 11.6 Å². The molecule has 8 heteroatoms. The third kappa shape index (κ3) is 3.11. The van der Waals surface area contributed by atoms with Gasteiger partial charge in [-0.2, -0.15) is 0 Å². The molecule has 2 heterocycles. The summed E-state index contributed by atoms with van der Waals surface area (Å²) in [6.45, 7) is 0.0575. The number of fused-ring (bicyclic) bond motifs is 1. The van der Waals surface area contributed by atoms with Crippen molar-refractivity contribution in [1.82, 2.24) is 14.9 Å². The maximum Gasteiger partial charge on any atom is 0.268 e. The quantitative estimate of drug-likeness (QED) is 0.788. The predicted octanol–water partition coefficient (Wildman–Crippen LogP) is 3.05. The van der Waals surface area contributed by atoms with Gasteiger partial charge in [-0.25, -0.2) is 9.37 Å². The first-order valence-corrected chi connectivity index (χ1v) is 7.88. The molecule has 5 nitrogen and oxygen atoms in total. The van der Waals surface area contributed by atoms with Crippen molar-refractivity contribution in [1.29, 1.82) is 0 Å². The van der Waals surface area contributed by atoms with Gasteiger partial charge in [0.05, 0.1) is 17.6 Å². The van der Waals surface area contributed by atoms with E-state index in [1.807, 2.05) is 0 Å². The summed E-state index contributed by atoms with van der Waals surface area (Å²) in [6, 6.07) is 5.59. The van der Waals surface area contributed by atoms with E-state index in [2.05, 4.69) is 9.97 Å². The molecule has 0 aliphatic carbocycles. The van der Waals surface area contributed by atoms with Crippen LogP contribution in [0.4, 0.5) is 4.39 Å². The van der Waals surface area contributed by atoms with Gasteiger partial charge in [0, 0.05) is 12.1 Å². The number of benzene rings is 1. The Bertz CT molecular complexity index is 953. The number of carbonyl (C=O) groups is 1. The van der Waals surface area contributed by atoms with Crippen LogP contribution in [0.1, 0.15) is 16.2 Å². The first-order chi connectivity index (χ1) is 11.0. The number of H-pyrrole nitrogens is 1. The molecule has 1 amide bonds. The smallest absolute Gasteiger partial charge is 0.268 e. The normalized spacial score (nSPS) is 10.9. The molecule has 0 aliphatic heterocycles. The second kappa shape index (κ2) is 6.10. The molecular formula is C15H11ClFN3O2S. The van der Waals surface area contributed by atoms with Gasteiger partial charge in [0.1, 0.15) is 16.3 Å². The van der Waals surface area contributed by atoms with Crippen LogP contribution in [0.3, 0.4) is 0 Å². The Morgan fingerprint density at radius 2 is 2.22 bits per heavy atom. The zero-order chi connectivity index (χ0) is 16.6. The fraction of sp³-hybridized carbons (Fsp3) is 0.133. The van der Waals surface area contributed by atoms with Crippen LogP contribution in [-0.4, -0.2) is 27.8 Å². The van der Waals surface area contributed by atoms with E-state index < -0.39 is 11.7 Å². The Balaban J connectivity index is 1.86. The molecule has 3 aromatic rings. The number of amides is 1. The number of hydrogen-bond donors (Lipinski definition) is 1. The zero-order valence-corrected chi connectivity index (χ0v) is 13.5. The van der Waals surface area contributed by atoms with E-state index >= 15 is 0 Å². The van der Waals surface area contributed by atoms with Gasteiger partial charge in [-0.1, -0.05) is 11.6 Å². The molecule has 0 atom stereocenters. The summed E-state index contributed by atoms with van der Waals surface area (Å²) in [6.07, 6.45) is 0. The fourth-order valence-electron chi connectivity index (χ4n) is 2.16. The minimum Gasteiger partial charge on any atom is -0.334 e. The number of rotatable bonds is 3. The second-order valence-electron chi connectivity index (χ2n) is 4.93. The molecule has 1 aromatic carbocycles. The number of halogens is 2. The second-order valence-corrected chi connectivity index (χ2v) is 6.29. The van der Waals surface area contributed by atoms with E-state index in [9.17, 15) is 14.0 Å². The number of nitrogens with one attached hydrogen (secondary N) is 1. The maximum atomic E-state index is 13.8. The Kier molecular flexibility index (Phi) is 4.14. The first-order valence-electron chi connectivity index (χ1n) is 6.62. The van der Waals surface area contributed by atoms with Crippen molar-refractivity contribution in [3.05, 3.63) is 62.2 Å². The largest absolute Gasteiger partial charge is 0.334 e. The van der Waals surface area contributed by atoms with Crippen LogP contribution >= 0.6 is 22.9 Å². The lowest BCUT2D eigenvalue weighted by molar-refractivity contribution is 0.0777. The van der Waals surface area contributed by atoms with Gasteiger partial charge in [0.15, 0.2) is 0 Å². The maximum absolute atomic E-state index is 13.8. The highest BCUT2D eigenvalue weighted by atomic mass is 35.5. The average Bonchev–Trinajstić information content (AvgIpc) is 2.95. The highest BCUT2D eigenvalue weighted by Crippen LogP contribution is 2.17. The molecule has 0 saturated heterocycles. The molecule has 3 rings (SSSR count). The number of thiophene rings is 1. The number of aromatic nitrogens is 2. The van der Waals surface area contributed by atoms with E-state index in [1.54, 1.807) is 11.4 Å². The number of nitrogens with zero attached hydrogens (tertiary/aromatic N) is 2. The zero-order valence-electron chi connectivity index (χ0n) is 12.0. The van der Waals surface area contributed by atoms with Gasteiger partial charge < -0.3 is 9.88 Å². The van der Waals surface area contributed by atoms with Crippen molar-refractivity contribution in [3.63, 3.8) is 0 Å². The van der Waals surface area contributed by atoms with Crippen molar-refractivity contribution in [2.45, 2.75) is 6.54 Å². The summed E-state index contributed by atoms with van der Waals surface area (Å²) in [5.74, 6) is -0.873. The van der Waals surface area contributed by atoms with Crippen LogP contribution in [0.25, 0.3) is 10.2 Å². The van der Waals surface area contributed by atoms with Crippen LogP contribution in [0.2, 0.25) is 5.02 Å². The summed E-state index contributed by atoms with van der Waals surface area (Å²) in [4.78, 5) is 32.4. The predicted molar refractivity (Wildman–Crippen MR) is 87.4 cm³/mol. The van der Waals surface area contributed by atoms with Crippen molar-refractivity contribution in [2.75, 3.05) is 7.05 Å². The summed E-state index contributed by atoms with van der Waals surface area (Å²) in [7, 11) is 1.51. The summed E-state index contributed by atoms with van der Waals surface area (Å²) in [5.41, 5.74) is 0.238. The summed E-state index contributed by atoms with van der Waals surface area (Å²) >= 11 is 6.98. The van der Waals surface area contributed by atoms with E-state index in [0.717, 1.165) is 6.07 Å². The molecular weight excluding hydrogens is 341 g/mol. The average molecular weight is 352 g/mol. The Hall–Kier alpha value is -2.25. The van der Waals surface area contributed by atoms with Gasteiger partial charge in [0.2, 0.25) is 0 Å². The lowest BCUT2D eigenvalue weighted by atomic mass is 10.2. The van der Waals surface area contributed by atoms with Gasteiger partial charge in [0.25, 0.3) is 11.5 Å². The highest BCUT2D eigenvalue weighted by Gasteiger charge is 2.18. The van der Waals surface area contributed by atoms with E-state index in [-0.39, 0.29) is 22.7 Å². The van der Waals surface area contributed by atoms with Crippen LogP contribution in [0, 0.1) is 5.82 Å². The van der Waals surface area contributed by atoms with Gasteiger partial charge >= 0.3 is 0 Å². The summed E-state index contributed by atoms with van der Waals surface area (Å²) in [5, 5.41) is 1.99. The summed E-state index contributed by atoms with van der Waals surface area (Å²) < 4.78 is 14.4. The van der Waals surface area contributed by atoms with Crippen LogP contribution < -0.4 is 5.56 Å². The molecule has 118 valence electrons. The lowest BCUT2D eigenvalue weighted by Gasteiger charge is -2.17. The SMILES string of the molecule is CN(Cc1nc2ccsc2c(=O)[nH]1)C(=O)c1ccc(Cl)cc1F. The van der Waals surface area contributed by atoms with Gasteiger partial charge in [-0.05, 0) is 29.6 Å². The fourth-order valence-corrected chi connectivity index (χ4v) is 3.05. The van der Waals surface area contributed by atoms with Gasteiger partial charge in [-0.3, -0.25) is 9.59 Å². The number of carbonyl (C=O) groups excluding carboxylic acids is 1. The first kappa shape index (κ1) is 15.6. The van der Waals surface area contributed by atoms with Crippen LogP contribution in [0.5, 0.6) is 0 Å². The molecule has 0 unspecified atom stereocenters. The molecule has 0 saturated carbocycles. The highest BCUT2D eigenvalue weighted by molar-refractivity contribution is 7.17. The van der Waals surface area contributed by atoms with Crippen molar-refractivity contribution < 1.29 is 9.18 Å². The molecule has 1 N–H and O–H groups in total. The minimum absolute atomic E-state index is 0.0575. The number of aromatic amines is 1. The minimum atomic E-state index is -0.691. The van der Waals surface area contributed by atoms with E-state index in [0.29, 0.717) is 16.0 Å². The third-order valence-corrected chi connectivity index (χ3v) is 4.40. The molecule has 23 heavy (non-hydrogen) atoms. The lowest BCUT2D eigenvalue weighted by Crippen LogP contribution is -2.29. The molecule has 2 aromatic heterocycles. The Morgan fingerprint density at radius 3 is 2.96 bits per heavy atom. The molecule has 0 fully saturated rings. The monoisotopic (exact) mass is 351 g/mol. The molecule has 0 aliphatic rings. The molecule has 0 radical (unpaired) electrons. The van der Waals surface area contributed by atoms with Gasteiger partial charge in [-0.15, -0.1) is 11.3 Å². The topological polar surface area (TPSA) is 66.1 Å². The van der Waals surface area contributed by atoms with E-state index in [1.165, 1.54) is 35.4 Å². The Labute approximate surface area is 139 Å². The molecule has 0 spiro atoms. The van der Waals surface area contributed by atoms with Crippen LogP contribution in [-0.2, 0) is 6.54 Å².